The van der Waals surface area contributed by atoms with Crippen molar-refractivity contribution in [3.8, 4) is 0 Å². The molecule has 22 heavy (non-hydrogen) atoms. The minimum atomic E-state index is -0.219. The minimum absolute atomic E-state index is 0. The molecule has 2 rings (SSSR count). The maximum Gasteiger partial charge on any atom is 0.286 e. The number of carbonyl (C=O) groups is 3. The number of thiocarbonyl (C=S) groups is 1. The van der Waals surface area contributed by atoms with Gasteiger partial charge in [0, 0.05) is 7.05 Å². The van der Waals surface area contributed by atoms with Crippen LogP contribution in [0.1, 0.15) is 35.1 Å². The van der Waals surface area contributed by atoms with Crippen molar-refractivity contribution in [1.29, 1.82) is 0 Å². The van der Waals surface area contributed by atoms with Crippen LogP contribution in [0.25, 0.3) is 0 Å². The van der Waals surface area contributed by atoms with Crippen molar-refractivity contribution >= 4 is 57.1 Å². The van der Waals surface area contributed by atoms with Crippen LogP contribution in [0.5, 0.6) is 0 Å². The maximum absolute atomic E-state index is 11.4. The SMILES string of the molecule is C.CC(C)C1SC(=O)NC1=O.CC(C)C1SC(=S)N(C)C1=O. The van der Waals surface area contributed by atoms with Crippen molar-refractivity contribution < 1.29 is 14.4 Å². The summed E-state index contributed by atoms with van der Waals surface area (Å²) in [7, 11) is 1.74. The standard InChI is InChI=1S/C7H11NOS2.C6H9NO2S.CH4/c1-4(2)5-6(9)8(3)7(10)11-5;1-3(2)4-5(8)7-6(9)10-4;/h4-5H,1-3H3;3-4H,1-2H3,(H,7,8,9);1H4. The van der Waals surface area contributed by atoms with Gasteiger partial charge in [-0.1, -0.05) is 70.9 Å². The zero-order valence-corrected chi connectivity index (χ0v) is 15.2. The van der Waals surface area contributed by atoms with Crippen molar-refractivity contribution in [3.05, 3.63) is 0 Å². The first-order valence-electron chi connectivity index (χ1n) is 6.64. The third-order valence-electron chi connectivity index (χ3n) is 3.00. The first kappa shape index (κ1) is 21.4. The van der Waals surface area contributed by atoms with Crippen LogP contribution >= 0.6 is 35.7 Å². The Morgan fingerprint density at radius 1 is 1.05 bits per heavy atom. The molecule has 2 atom stereocenters. The summed E-state index contributed by atoms with van der Waals surface area (Å²) in [5, 5.41) is 1.89. The van der Waals surface area contributed by atoms with Crippen molar-refractivity contribution in [1.82, 2.24) is 10.2 Å². The van der Waals surface area contributed by atoms with Gasteiger partial charge in [-0.25, -0.2) is 0 Å². The third-order valence-corrected chi connectivity index (χ3v) is 6.37. The highest BCUT2D eigenvalue weighted by Crippen LogP contribution is 2.30. The quantitative estimate of drug-likeness (QED) is 0.760. The Bertz CT molecular complexity index is 466. The van der Waals surface area contributed by atoms with Crippen LogP contribution in [0.4, 0.5) is 4.79 Å². The first-order valence-corrected chi connectivity index (χ1v) is 8.81. The molecule has 0 spiro atoms. The number of hydrogen-bond donors (Lipinski definition) is 1. The van der Waals surface area contributed by atoms with Crippen LogP contribution in [0, 0.1) is 11.8 Å². The van der Waals surface area contributed by atoms with E-state index in [1.807, 2.05) is 27.7 Å². The largest absolute Gasteiger partial charge is 0.300 e. The second kappa shape index (κ2) is 8.88. The zero-order chi connectivity index (χ0) is 16.3. The minimum Gasteiger partial charge on any atom is -0.300 e. The molecule has 2 aliphatic rings. The number of rotatable bonds is 2. The third kappa shape index (κ3) is 5.24. The van der Waals surface area contributed by atoms with E-state index in [1.165, 1.54) is 11.8 Å². The van der Waals surface area contributed by atoms with E-state index in [0.29, 0.717) is 10.2 Å². The molecule has 2 heterocycles. The van der Waals surface area contributed by atoms with Crippen LogP contribution in [-0.4, -0.2) is 43.8 Å². The molecule has 3 amide bonds. The molecule has 2 fully saturated rings. The Morgan fingerprint density at radius 3 is 1.73 bits per heavy atom. The van der Waals surface area contributed by atoms with Gasteiger partial charge in [0.05, 0.1) is 10.5 Å². The molecule has 0 aromatic rings. The fourth-order valence-electron chi connectivity index (χ4n) is 1.75. The second-order valence-corrected chi connectivity index (χ2v) is 8.39. The zero-order valence-electron chi connectivity index (χ0n) is 12.7. The molecule has 0 aromatic heterocycles. The van der Waals surface area contributed by atoms with Gasteiger partial charge in [0.2, 0.25) is 11.8 Å². The molecular formula is C14H24N2O3S3. The molecule has 2 saturated heterocycles. The maximum atomic E-state index is 11.4. The van der Waals surface area contributed by atoms with E-state index in [0.717, 1.165) is 11.8 Å². The lowest BCUT2D eigenvalue weighted by atomic mass is 10.1. The fraction of sp³-hybridized carbons (Fsp3) is 0.714. The molecule has 2 unspecified atom stereocenters. The van der Waals surface area contributed by atoms with E-state index in [9.17, 15) is 14.4 Å². The molecule has 0 aliphatic carbocycles. The Labute approximate surface area is 146 Å². The number of hydrogen-bond acceptors (Lipinski definition) is 6. The van der Waals surface area contributed by atoms with Crippen LogP contribution in [0.3, 0.4) is 0 Å². The average Bonchev–Trinajstić information content (AvgIpc) is 2.84. The van der Waals surface area contributed by atoms with Crippen molar-refractivity contribution in [2.24, 2.45) is 11.8 Å². The summed E-state index contributed by atoms with van der Waals surface area (Å²) < 4.78 is 0.703. The van der Waals surface area contributed by atoms with Gasteiger partial charge in [-0.3, -0.25) is 24.6 Å². The Balaban J connectivity index is 0.000000385. The van der Waals surface area contributed by atoms with Gasteiger partial charge in [0.1, 0.15) is 4.32 Å². The number of thioether (sulfide) groups is 2. The highest BCUT2D eigenvalue weighted by atomic mass is 32.2. The van der Waals surface area contributed by atoms with Gasteiger partial charge in [0.15, 0.2) is 0 Å². The summed E-state index contributed by atoms with van der Waals surface area (Å²) in [6.45, 7) is 7.93. The van der Waals surface area contributed by atoms with E-state index in [-0.39, 0.29) is 40.9 Å². The lowest BCUT2D eigenvalue weighted by molar-refractivity contribution is -0.125. The fourth-order valence-corrected chi connectivity index (χ4v) is 3.97. The van der Waals surface area contributed by atoms with Gasteiger partial charge >= 0.3 is 0 Å². The molecule has 8 heteroatoms. The Kier molecular flexibility index (Phi) is 8.64. The van der Waals surface area contributed by atoms with E-state index in [1.54, 1.807) is 11.9 Å². The molecule has 5 nitrogen and oxygen atoms in total. The number of nitrogens with one attached hydrogen (secondary N) is 1. The van der Waals surface area contributed by atoms with Crippen molar-refractivity contribution in [2.45, 2.75) is 45.6 Å². The van der Waals surface area contributed by atoms with E-state index in [4.69, 9.17) is 12.2 Å². The number of carbonyl (C=O) groups excluding carboxylic acids is 3. The number of nitrogens with zero attached hydrogens (tertiary/aromatic N) is 1. The molecule has 0 saturated carbocycles. The van der Waals surface area contributed by atoms with Gasteiger partial charge in [-0.15, -0.1) is 0 Å². The molecule has 0 aromatic carbocycles. The molecule has 0 radical (unpaired) electrons. The summed E-state index contributed by atoms with van der Waals surface area (Å²) in [6.07, 6.45) is 0. The Hall–Kier alpha value is -0.600. The number of amides is 3. The van der Waals surface area contributed by atoms with Gasteiger partial charge in [-0.2, -0.15) is 0 Å². The van der Waals surface area contributed by atoms with E-state index in [2.05, 4.69) is 5.32 Å². The van der Waals surface area contributed by atoms with Crippen LogP contribution in [-0.2, 0) is 9.59 Å². The predicted octanol–water partition coefficient (Wildman–Crippen LogP) is 3.13. The summed E-state index contributed by atoms with van der Waals surface area (Å²) in [5.74, 6) is 0.604. The van der Waals surface area contributed by atoms with Crippen LogP contribution in [0.15, 0.2) is 0 Å². The smallest absolute Gasteiger partial charge is 0.286 e. The normalized spacial score (nSPS) is 24.4. The molecular weight excluding hydrogens is 340 g/mol. The van der Waals surface area contributed by atoms with E-state index >= 15 is 0 Å². The van der Waals surface area contributed by atoms with E-state index < -0.39 is 0 Å². The summed E-state index contributed by atoms with van der Waals surface area (Å²) in [5.41, 5.74) is 0. The number of imide groups is 1. The monoisotopic (exact) mass is 364 g/mol. The van der Waals surface area contributed by atoms with Gasteiger partial charge < -0.3 is 0 Å². The highest BCUT2D eigenvalue weighted by Gasteiger charge is 2.36. The Morgan fingerprint density at radius 2 is 1.55 bits per heavy atom. The summed E-state index contributed by atoms with van der Waals surface area (Å²) in [6, 6.07) is 0. The topological polar surface area (TPSA) is 66.5 Å². The molecule has 126 valence electrons. The molecule has 2 aliphatic heterocycles. The second-order valence-electron chi connectivity index (χ2n) is 5.50. The summed E-state index contributed by atoms with van der Waals surface area (Å²) in [4.78, 5) is 34.4. The summed E-state index contributed by atoms with van der Waals surface area (Å²) >= 11 is 7.56. The van der Waals surface area contributed by atoms with Gasteiger partial charge in [0.25, 0.3) is 5.24 Å². The molecule has 1 N–H and O–H groups in total. The molecule has 0 bridgehead atoms. The van der Waals surface area contributed by atoms with Crippen LogP contribution < -0.4 is 5.32 Å². The van der Waals surface area contributed by atoms with Crippen LogP contribution in [0.2, 0.25) is 0 Å². The lowest BCUT2D eigenvalue weighted by Gasteiger charge is -2.10. The van der Waals surface area contributed by atoms with Crippen molar-refractivity contribution in [2.75, 3.05) is 7.05 Å². The predicted molar refractivity (Wildman–Crippen MR) is 98.1 cm³/mol. The highest BCUT2D eigenvalue weighted by molar-refractivity contribution is 8.24. The lowest BCUT2D eigenvalue weighted by Crippen LogP contribution is -2.29. The average molecular weight is 365 g/mol. The van der Waals surface area contributed by atoms with Crippen molar-refractivity contribution in [3.63, 3.8) is 0 Å². The van der Waals surface area contributed by atoms with Gasteiger partial charge in [-0.05, 0) is 11.8 Å². The first-order chi connectivity index (χ1) is 9.65.